The van der Waals surface area contributed by atoms with Crippen molar-refractivity contribution in [1.82, 2.24) is 10.2 Å². The molecule has 0 bridgehead atoms. The number of nitrogens with one attached hydrogen (secondary N) is 1. The van der Waals surface area contributed by atoms with Gasteiger partial charge in [0.2, 0.25) is 0 Å². The van der Waals surface area contributed by atoms with Gasteiger partial charge in [0, 0.05) is 18.7 Å². The number of rotatable bonds is 6. The van der Waals surface area contributed by atoms with Crippen LogP contribution in [0.5, 0.6) is 11.5 Å². The van der Waals surface area contributed by atoms with E-state index in [0.717, 1.165) is 0 Å². The van der Waals surface area contributed by atoms with E-state index in [0.29, 0.717) is 6.54 Å². The second-order valence-corrected chi connectivity index (χ2v) is 7.84. The molecule has 0 radical (unpaired) electrons. The van der Waals surface area contributed by atoms with Gasteiger partial charge < -0.3 is 29.2 Å². The third-order valence-corrected chi connectivity index (χ3v) is 4.31. The van der Waals surface area contributed by atoms with Gasteiger partial charge in [-0.2, -0.15) is 8.78 Å². The Morgan fingerprint density at radius 1 is 1.27 bits per heavy atom. The summed E-state index contributed by atoms with van der Waals surface area (Å²) in [5, 5.41) is 2.71. The van der Waals surface area contributed by atoms with Gasteiger partial charge in [0.25, 0.3) is 5.91 Å². The Hall–Kier alpha value is -2.62. The Balaban J connectivity index is 2.06. The normalized spacial score (nSPS) is 18.0. The molecule has 2 atom stereocenters. The van der Waals surface area contributed by atoms with E-state index in [-0.39, 0.29) is 36.1 Å². The van der Waals surface area contributed by atoms with Crippen molar-refractivity contribution in [2.24, 2.45) is 0 Å². The van der Waals surface area contributed by atoms with Gasteiger partial charge in [-0.15, -0.1) is 0 Å². The topological polar surface area (TPSA) is 86.3 Å². The van der Waals surface area contributed by atoms with Crippen LogP contribution < -0.4 is 14.8 Å². The first-order valence-corrected chi connectivity index (χ1v) is 9.53. The highest BCUT2D eigenvalue weighted by Crippen LogP contribution is 2.30. The molecule has 1 aromatic carbocycles. The number of benzene rings is 1. The van der Waals surface area contributed by atoms with Crippen LogP contribution in [-0.2, 0) is 9.47 Å². The highest BCUT2D eigenvalue weighted by atomic mass is 19.3. The smallest absolute Gasteiger partial charge is 0.407 e. The van der Waals surface area contributed by atoms with Crippen molar-refractivity contribution >= 4 is 12.0 Å². The standard InChI is InChI=1S/C20H28F2N2O6/c1-12(23-19(26)30-20(2,3)4)16-11-24(8-9-28-16)17(25)13-6-7-14(27-5)15(10-13)29-18(21)22/h6-7,10,12,16,18H,8-9,11H2,1-5H3,(H,23,26)/t12-,16+/m0/s1. The summed E-state index contributed by atoms with van der Waals surface area (Å²) in [6.45, 7) is 4.80. The van der Waals surface area contributed by atoms with Crippen LogP contribution in [0, 0.1) is 0 Å². The Morgan fingerprint density at radius 2 is 1.97 bits per heavy atom. The number of alkyl halides is 2. The number of nitrogens with zero attached hydrogens (tertiary/aromatic N) is 1. The van der Waals surface area contributed by atoms with Crippen molar-refractivity contribution in [3.05, 3.63) is 23.8 Å². The van der Waals surface area contributed by atoms with E-state index in [9.17, 15) is 18.4 Å². The highest BCUT2D eigenvalue weighted by Gasteiger charge is 2.31. The van der Waals surface area contributed by atoms with Crippen molar-refractivity contribution in [3.8, 4) is 11.5 Å². The molecule has 0 unspecified atom stereocenters. The van der Waals surface area contributed by atoms with Crippen LogP contribution in [0.1, 0.15) is 38.1 Å². The Bertz CT molecular complexity index is 753. The maximum atomic E-state index is 12.9. The van der Waals surface area contributed by atoms with Gasteiger partial charge in [0.05, 0.1) is 25.9 Å². The van der Waals surface area contributed by atoms with E-state index in [1.54, 1.807) is 27.7 Å². The minimum Gasteiger partial charge on any atom is -0.493 e. The van der Waals surface area contributed by atoms with Crippen LogP contribution in [-0.4, -0.2) is 68.1 Å². The van der Waals surface area contributed by atoms with E-state index >= 15 is 0 Å². The van der Waals surface area contributed by atoms with Crippen molar-refractivity contribution in [1.29, 1.82) is 0 Å². The number of methoxy groups -OCH3 is 1. The minimum absolute atomic E-state index is 0.0990. The summed E-state index contributed by atoms with van der Waals surface area (Å²) < 4.78 is 45.6. The second kappa shape index (κ2) is 9.92. The summed E-state index contributed by atoms with van der Waals surface area (Å²) in [6.07, 6.45) is -1.03. The molecule has 0 saturated carbocycles. The zero-order valence-electron chi connectivity index (χ0n) is 17.7. The van der Waals surface area contributed by atoms with Crippen LogP contribution >= 0.6 is 0 Å². The number of morpholine rings is 1. The number of hydrogen-bond donors (Lipinski definition) is 1. The molecule has 1 aliphatic heterocycles. The van der Waals surface area contributed by atoms with E-state index in [2.05, 4.69) is 10.1 Å². The fourth-order valence-electron chi connectivity index (χ4n) is 2.93. The molecule has 8 nitrogen and oxygen atoms in total. The van der Waals surface area contributed by atoms with Crippen LogP contribution in [0.3, 0.4) is 0 Å². The van der Waals surface area contributed by atoms with Crippen molar-refractivity contribution in [2.45, 2.75) is 52.1 Å². The fourth-order valence-corrected chi connectivity index (χ4v) is 2.93. The molecule has 1 fully saturated rings. The lowest BCUT2D eigenvalue weighted by Crippen LogP contribution is -2.54. The average Bonchev–Trinajstić information content (AvgIpc) is 2.65. The average molecular weight is 430 g/mol. The first-order valence-electron chi connectivity index (χ1n) is 9.53. The highest BCUT2D eigenvalue weighted by molar-refractivity contribution is 5.95. The maximum absolute atomic E-state index is 12.9. The Kier molecular flexibility index (Phi) is 7.83. The molecule has 1 saturated heterocycles. The van der Waals surface area contributed by atoms with E-state index in [1.165, 1.54) is 30.2 Å². The Labute approximate surface area is 174 Å². The number of carbonyl (C=O) groups excluding carboxylic acids is 2. The van der Waals surface area contributed by atoms with Gasteiger partial charge in [-0.3, -0.25) is 4.79 Å². The Morgan fingerprint density at radius 3 is 2.57 bits per heavy atom. The molecule has 0 aliphatic carbocycles. The van der Waals surface area contributed by atoms with Gasteiger partial charge in [0.1, 0.15) is 5.60 Å². The van der Waals surface area contributed by atoms with Crippen LogP contribution in [0.15, 0.2) is 18.2 Å². The van der Waals surface area contributed by atoms with Gasteiger partial charge in [-0.25, -0.2) is 4.79 Å². The summed E-state index contributed by atoms with van der Waals surface area (Å²) in [4.78, 5) is 26.4. The van der Waals surface area contributed by atoms with Crippen molar-refractivity contribution in [2.75, 3.05) is 26.8 Å². The first-order chi connectivity index (χ1) is 14.0. The third-order valence-electron chi connectivity index (χ3n) is 4.31. The zero-order valence-corrected chi connectivity index (χ0v) is 17.7. The lowest BCUT2D eigenvalue weighted by molar-refractivity contribution is -0.0513. The molecular weight excluding hydrogens is 402 g/mol. The summed E-state index contributed by atoms with van der Waals surface area (Å²) in [5.74, 6) is -0.487. The molecule has 2 amide bonds. The molecule has 1 aliphatic rings. The number of alkyl carbamates (subject to hydrolysis) is 1. The quantitative estimate of drug-likeness (QED) is 0.747. The summed E-state index contributed by atoms with van der Waals surface area (Å²) in [5.41, 5.74) is -0.453. The number of amides is 2. The molecule has 1 aromatic rings. The van der Waals surface area contributed by atoms with Gasteiger partial charge in [-0.1, -0.05) is 0 Å². The minimum atomic E-state index is -3.04. The van der Waals surface area contributed by atoms with E-state index in [1.807, 2.05) is 0 Å². The van der Waals surface area contributed by atoms with Crippen LogP contribution in [0.2, 0.25) is 0 Å². The lowest BCUT2D eigenvalue weighted by atomic mass is 10.1. The molecule has 2 rings (SSSR count). The van der Waals surface area contributed by atoms with E-state index in [4.69, 9.17) is 14.2 Å². The van der Waals surface area contributed by atoms with E-state index < -0.39 is 30.5 Å². The maximum Gasteiger partial charge on any atom is 0.407 e. The molecule has 1 heterocycles. The molecular formula is C20H28F2N2O6. The number of ether oxygens (including phenoxy) is 4. The van der Waals surface area contributed by atoms with Crippen molar-refractivity contribution in [3.63, 3.8) is 0 Å². The molecule has 168 valence electrons. The zero-order chi connectivity index (χ0) is 22.5. The molecule has 0 aromatic heterocycles. The van der Waals surface area contributed by atoms with Gasteiger partial charge in [0.15, 0.2) is 11.5 Å². The summed E-state index contributed by atoms with van der Waals surface area (Å²) in [6, 6.07) is 3.69. The predicted molar refractivity (Wildman–Crippen MR) is 104 cm³/mol. The molecule has 0 spiro atoms. The third kappa shape index (κ3) is 6.72. The summed E-state index contributed by atoms with van der Waals surface area (Å²) in [7, 11) is 1.32. The van der Waals surface area contributed by atoms with Gasteiger partial charge in [-0.05, 0) is 45.9 Å². The van der Waals surface area contributed by atoms with Crippen LogP contribution in [0.25, 0.3) is 0 Å². The fraction of sp³-hybridized carbons (Fsp3) is 0.600. The molecule has 1 N–H and O–H groups in total. The largest absolute Gasteiger partial charge is 0.493 e. The first kappa shape index (κ1) is 23.7. The SMILES string of the molecule is COc1ccc(C(=O)N2CCO[C@@H]([C@H](C)NC(=O)OC(C)(C)C)C2)cc1OC(F)F. The number of carbonyl (C=O) groups is 2. The number of hydrogen-bond acceptors (Lipinski definition) is 6. The van der Waals surface area contributed by atoms with Crippen molar-refractivity contribution < 1.29 is 37.3 Å². The number of halogens is 2. The molecule has 10 heteroatoms. The van der Waals surface area contributed by atoms with Crippen LogP contribution in [0.4, 0.5) is 13.6 Å². The lowest BCUT2D eigenvalue weighted by Gasteiger charge is -2.36. The predicted octanol–water partition coefficient (Wildman–Crippen LogP) is 3.05. The monoisotopic (exact) mass is 430 g/mol. The van der Waals surface area contributed by atoms with Gasteiger partial charge >= 0.3 is 12.7 Å². The molecule has 30 heavy (non-hydrogen) atoms. The summed E-state index contributed by atoms with van der Waals surface area (Å²) >= 11 is 0. The second-order valence-electron chi connectivity index (χ2n) is 7.84.